The average molecular weight is 332 g/mol. The highest BCUT2D eigenvalue weighted by atomic mass is 32.1. The molecule has 0 spiro atoms. The molecule has 1 heterocycles. The molecule has 0 atom stereocenters. The average Bonchev–Trinajstić information content (AvgIpc) is 2.54. The van der Waals surface area contributed by atoms with Gasteiger partial charge in [-0.2, -0.15) is 0 Å². The Morgan fingerprint density at radius 1 is 1.17 bits per heavy atom. The third-order valence-electron chi connectivity index (χ3n) is 4.25. The highest BCUT2D eigenvalue weighted by molar-refractivity contribution is 7.80. The lowest BCUT2D eigenvalue weighted by molar-refractivity contribution is 0.174. The Bertz CT molecular complexity index is 528. The van der Waals surface area contributed by atoms with Crippen LogP contribution in [0.15, 0.2) is 36.4 Å². The molecule has 1 aromatic rings. The SMILES string of the molecule is C=C(C)CNC(=S)N1CCN(Cc2ccc(C(C)C)cc2)CC1. The Balaban J connectivity index is 1.78. The van der Waals surface area contributed by atoms with E-state index in [2.05, 4.69) is 59.8 Å². The molecule has 4 heteroatoms. The maximum Gasteiger partial charge on any atom is 0.169 e. The van der Waals surface area contributed by atoms with Crippen molar-refractivity contribution in [1.29, 1.82) is 0 Å². The fraction of sp³-hybridized carbons (Fsp3) is 0.526. The van der Waals surface area contributed by atoms with E-state index in [1.165, 1.54) is 11.1 Å². The Morgan fingerprint density at radius 3 is 2.30 bits per heavy atom. The van der Waals surface area contributed by atoms with Crippen LogP contribution >= 0.6 is 12.2 Å². The topological polar surface area (TPSA) is 18.5 Å². The summed E-state index contributed by atoms with van der Waals surface area (Å²) in [6, 6.07) is 9.04. The molecule has 3 nitrogen and oxygen atoms in total. The predicted octanol–water partition coefficient (Wildman–Crippen LogP) is 3.38. The van der Waals surface area contributed by atoms with Crippen molar-refractivity contribution in [2.45, 2.75) is 33.2 Å². The van der Waals surface area contributed by atoms with Crippen LogP contribution in [-0.2, 0) is 6.54 Å². The van der Waals surface area contributed by atoms with E-state index in [0.717, 1.165) is 50.0 Å². The molecular weight excluding hydrogens is 302 g/mol. The second kappa shape index (κ2) is 8.46. The van der Waals surface area contributed by atoms with Crippen LogP contribution < -0.4 is 5.32 Å². The van der Waals surface area contributed by atoms with Gasteiger partial charge in [0.05, 0.1) is 0 Å². The highest BCUT2D eigenvalue weighted by Crippen LogP contribution is 2.16. The first kappa shape index (κ1) is 18.0. The van der Waals surface area contributed by atoms with Gasteiger partial charge in [-0.1, -0.05) is 50.3 Å². The standard InChI is InChI=1S/C19H29N3S/c1-15(2)13-20-19(23)22-11-9-21(10-12-22)14-17-5-7-18(8-6-17)16(3)4/h5-8,16H,1,9-14H2,2-4H3,(H,20,23). The molecule has 0 radical (unpaired) electrons. The number of rotatable bonds is 5. The molecule has 0 aromatic heterocycles. The van der Waals surface area contributed by atoms with E-state index in [9.17, 15) is 0 Å². The minimum Gasteiger partial charge on any atom is -0.359 e. The zero-order valence-corrected chi connectivity index (χ0v) is 15.5. The van der Waals surface area contributed by atoms with Gasteiger partial charge in [0.25, 0.3) is 0 Å². The van der Waals surface area contributed by atoms with Crippen molar-refractivity contribution in [3.8, 4) is 0 Å². The normalized spacial score (nSPS) is 15.7. The summed E-state index contributed by atoms with van der Waals surface area (Å²) in [5.41, 5.74) is 3.91. The third-order valence-corrected chi connectivity index (χ3v) is 4.66. The van der Waals surface area contributed by atoms with Gasteiger partial charge in [-0.05, 0) is 36.2 Å². The lowest BCUT2D eigenvalue weighted by Gasteiger charge is -2.36. The molecule has 0 amide bonds. The summed E-state index contributed by atoms with van der Waals surface area (Å²) in [5, 5.41) is 4.13. The number of benzene rings is 1. The van der Waals surface area contributed by atoms with Gasteiger partial charge >= 0.3 is 0 Å². The van der Waals surface area contributed by atoms with Gasteiger partial charge in [0.1, 0.15) is 0 Å². The summed E-state index contributed by atoms with van der Waals surface area (Å²) in [4.78, 5) is 4.76. The summed E-state index contributed by atoms with van der Waals surface area (Å²) in [6.45, 7) is 16.3. The third kappa shape index (κ3) is 5.63. The Kier molecular flexibility index (Phi) is 6.60. The van der Waals surface area contributed by atoms with Gasteiger partial charge < -0.3 is 10.2 Å². The highest BCUT2D eigenvalue weighted by Gasteiger charge is 2.18. The second-order valence-electron chi connectivity index (χ2n) is 6.78. The lowest BCUT2D eigenvalue weighted by Crippen LogP contribution is -2.51. The van der Waals surface area contributed by atoms with E-state index in [1.54, 1.807) is 0 Å². The van der Waals surface area contributed by atoms with Crippen molar-refractivity contribution in [3.63, 3.8) is 0 Å². The molecule has 126 valence electrons. The molecule has 1 saturated heterocycles. The first-order chi connectivity index (χ1) is 11.0. The quantitative estimate of drug-likeness (QED) is 0.658. The van der Waals surface area contributed by atoms with Gasteiger partial charge in [-0.3, -0.25) is 4.90 Å². The van der Waals surface area contributed by atoms with Crippen molar-refractivity contribution in [1.82, 2.24) is 15.1 Å². The molecule has 0 saturated carbocycles. The molecular formula is C19H29N3S. The van der Waals surface area contributed by atoms with Crippen LogP contribution in [0, 0.1) is 0 Å². The number of nitrogens with one attached hydrogen (secondary N) is 1. The zero-order valence-electron chi connectivity index (χ0n) is 14.6. The maximum atomic E-state index is 5.45. The van der Waals surface area contributed by atoms with Crippen LogP contribution in [0.2, 0.25) is 0 Å². The van der Waals surface area contributed by atoms with Crippen LogP contribution in [0.5, 0.6) is 0 Å². The molecule has 1 aliphatic rings. The van der Waals surface area contributed by atoms with Crippen molar-refractivity contribution in [2.24, 2.45) is 0 Å². The summed E-state index contributed by atoms with van der Waals surface area (Å²) in [6.07, 6.45) is 0. The van der Waals surface area contributed by atoms with Gasteiger partial charge in [0, 0.05) is 39.3 Å². The molecule has 23 heavy (non-hydrogen) atoms. The van der Waals surface area contributed by atoms with Crippen LogP contribution in [0.3, 0.4) is 0 Å². The van der Waals surface area contributed by atoms with Crippen LogP contribution in [-0.4, -0.2) is 47.6 Å². The van der Waals surface area contributed by atoms with Crippen LogP contribution in [0.25, 0.3) is 0 Å². The van der Waals surface area contributed by atoms with Gasteiger partial charge in [-0.25, -0.2) is 0 Å². The monoisotopic (exact) mass is 331 g/mol. The summed E-state index contributed by atoms with van der Waals surface area (Å²) in [7, 11) is 0. The lowest BCUT2D eigenvalue weighted by atomic mass is 10.0. The summed E-state index contributed by atoms with van der Waals surface area (Å²) in [5.74, 6) is 0.598. The van der Waals surface area contributed by atoms with Crippen molar-refractivity contribution >= 4 is 17.3 Å². The first-order valence-corrected chi connectivity index (χ1v) is 8.85. The minimum atomic E-state index is 0.598. The van der Waals surface area contributed by atoms with Gasteiger partial charge in [0.2, 0.25) is 0 Å². The van der Waals surface area contributed by atoms with Crippen molar-refractivity contribution < 1.29 is 0 Å². The molecule has 1 N–H and O–H groups in total. The Labute approximate surface area is 146 Å². The van der Waals surface area contributed by atoms with Crippen molar-refractivity contribution in [2.75, 3.05) is 32.7 Å². The van der Waals surface area contributed by atoms with E-state index in [-0.39, 0.29) is 0 Å². The van der Waals surface area contributed by atoms with E-state index in [4.69, 9.17) is 12.2 Å². The molecule has 0 bridgehead atoms. The van der Waals surface area contributed by atoms with E-state index >= 15 is 0 Å². The fourth-order valence-electron chi connectivity index (χ4n) is 2.71. The predicted molar refractivity (Wildman–Crippen MR) is 103 cm³/mol. The zero-order chi connectivity index (χ0) is 16.8. The molecule has 0 aliphatic carbocycles. The second-order valence-corrected chi connectivity index (χ2v) is 7.16. The largest absolute Gasteiger partial charge is 0.359 e. The molecule has 2 rings (SSSR count). The Hall–Kier alpha value is -1.39. The number of hydrogen-bond donors (Lipinski definition) is 1. The van der Waals surface area contributed by atoms with E-state index in [1.807, 2.05) is 6.92 Å². The van der Waals surface area contributed by atoms with Crippen molar-refractivity contribution in [3.05, 3.63) is 47.5 Å². The van der Waals surface area contributed by atoms with E-state index in [0.29, 0.717) is 5.92 Å². The number of thiocarbonyl (C=S) groups is 1. The molecule has 1 aromatic carbocycles. The minimum absolute atomic E-state index is 0.598. The summed E-state index contributed by atoms with van der Waals surface area (Å²) >= 11 is 5.45. The van der Waals surface area contributed by atoms with Crippen LogP contribution in [0.4, 0.5) is 0 Å². The van der Waals surface area contributed by atoms with Gasteiger partial charge in [-0.15, -0.1) is 0 Å². The maximum absolute atomic E-state index is 5.45. The van der Waals surface area contributed by atoms with Crippen LogP contribution in [0.1, 0.15) is 37.8 Å². The smallest absolute Gasteiger partial charge is 0.169 e. The first-order valence-electron chi connectivity index (χ1n) is 8.44. The fourth-order valence-corrected chi connectivity index (χ4v) is 2.97. The summed E-state index contributed by atoms with van der Waals surface area (Å²) < 4.78 is 0. The molecule has 1 fully saturated rings. The van der Waals surface area contributed by atoms with Gasteiger partial charge in [0.15, 0.2) is 5.11 Å². The Morgan fingerprint density at radius 2 is 1.78 bits per heavy atom. The van der Waals surface area contributed by atoms with E-state index < -0.39 is 0 Å². The number of nitrogens with zero attached hydrogens (tertiary/aromatic N) is 2. The number of hydrogen-bond acceptors (Lipinski definition) is 2. The molecule has 0 unspecified atom stereocenters. The number of piperazine rings is 1. The molecule has 1 aliphatic heterocycles.